The van der Waals surface area contributed by atoms with Crippen LogP contribution in [-0.2, 0) is 26.2 Å². The van der Waals surface area contributed by atoms with Crippen LogP contribution in [0.15, 0.2) is 61.2 Å². The molecular weight excluding hydrogens is 424 g/mol. The Balaban J connectivity index is 1.94. The molecule has 0 aromatic heterocycles. The second-order valence-corrected chi connectivity index (χ2v) is 8.79. The molecule has 1 aliphatic rings. The molecule has 0 fully saturated rings. The second-order valence-electron chi connectivity index (χ2n) is 8.79. The van der Waals surface area contributed by atoms with Crippen LogP contribution in [0.3, 0.4) is 0 Å². The summed E-state index contributed by atoms with van der Waals surface area (Å²) in [7, 11) is 0. The molecule has 5 N–H and O–H groups in total. The Hall–Kier alpha value is -3.65. The van der Waals surface area contributed by atoms with E-state index in [4.69, 9.17) is 0 Å². The fourth-order valence-electron chi connectivity index (χ4n) is 4.35. The van der Waals surface area contributed by atoms with Crippen LogP contribution in [0.4, 0.5) is 5.69 Å². The lowest BCUT2D eigenvalue weighted by Crippen LogP contribution is -2.55. The molecule has 0 saturated heterocycles. The lowest BCUT2D eigenvalue weighted by atomic mass is 9.59. The first-order chi connectivity index (χ1) is 15.5. The number of hydrogen-bond donors (Lipinski definition) is 5. The van der Waals surface area contributed by atoms with E-state index in [1.165, 1.54) is 6.07 Å². The fraction of sp³-hybridized carbons (Fsp3) is 0.320. The average molecular weight is 453 g/mol. The number of amides is 2. The molecule has 2 amide bonds. The third-order valence-corrected chi connectivity index (χ3v) is 6.44. The Kier molecular flexibility index (Phi) is 6.60. The van der Waals surface area contributed by atoms with Crippen molar-refractivity contribution in [3.8, 4) is 5.75 Å². The standard InChI is InChI=1S/C25H28N2O6/c1-4-24(2,3)25(16-11-8-12-18(28)20(16)27-23(25)33)14-17(22(31)32)26-21(30)19(29)13-15-9-6-5-7-10-15/h4-12,17,19,28-29H,1,13-14H2,2-3H3,(H,26,30)(H,27,33)(H,31,32)/t17-,19-,25-/m0/s1. The van der Waals surface area contributed by atoms with E-state index < -0.39 is 40.8 Å². The number of aliphatic carboxylic acids is 1. The first-order valence-electron chi connectivity index (χ1n) is 10.6. The zero-order valence-electron chi connectivity index (χ0n) is 18.5. The SMILES string of the molecule is C=CC(C)(C)[C@]1(C[C@H](NC(=O)[C@@H](O)Cc2ccccc2)C(=O)O)C(=O)Nc2c(O)cccc21. The van der Waals surface area contributed by atoms with Gasteiger partial charge in [0, 0.05) is 11.8 Å². The summed E-state index contributed by atoms with van der Waals surface area (Å²) in [6.45, 7) is 7.30. The lowest BCUT2D eigenvalue weighted by molar-refractivity contribution is -0.145. The molecule has 3 rings (SSSR count). The molecule has 0 radical (unpaired) electrons. The number of aliphatic hydroxyl groups excluding tert-OH is 1. The number of rotatable bonds is 9. The largest absolute Gasteiger partial charge is 0.506 e. The Morgan fingerprint density at radius 3 is 2.45 bits per heavy atom. The van der Waals surface area contributed by atoms with Crippen molar-refractivity contribution in [3.63, 3.8) is 0 Å². The number of benzene rings is 2. The number of phenolic OH excluding ortho intramolecular Hbond substituents is 1. The van der Waals surface area contributed by atoms with Crippen LogP contribution in [0.2, 0.25) is 0 Å². The molecule has 174 valence electrons. The van der Waals surface area contributed by atoms with Gasteiger partial charge in [-0.2, -0.15) is 0 Å². The molecular formula is C25H28N2O6. The number of hydrogen-bond acceptors (Lipinski definition) is 5. The molecule has 33 heavy (non-hydrogen) atoms. The number of aromatic hydroxyl groups is 1. The summed E-state index contributed by atoms with van der Waals surface area (Å²) >= 11 is 0. The number of anilines is 1. The maximum absolute atomic E-state index is 13.3. The van der Waals surface area contributed by atoms with E-state index >= 15 is 0 Å². The minimum Gasteiger partial charge on any atom is -0.506 e. The van der Waals surface area contributed by atoms with Crippen LogP contribution in [-0.4, -0.2) is 45.2 Å². The second kappa shape index (κ2) is 9.07. The van der Waals surface area contributed by atoms with E-state index in [2.05, 4.69) is 17.2 Å². The number of carboxylic acid groups (broad SMARTS) is 1. The van der Waals surface area contributed by atoms with Crippen molar-refractivity contribution in [2.75, 3.05) is 5.32 Å². The lowest BCUT2D eigenvalue weighted by Gasteiger charge is -2.42. The van der Waals surface area contributed by atoms with Crippen molar-refractivity contribution in [1.82, 2.24) is 5.32 Å². The van der Waals surface area contributed by atoms with Crippen molar-refractivity contribution in [1.29, 1.82) is 0 Å². The molecule has 0 spiro atoms. The Bertz CT molecular complexity index is 1080. The minimum absolute atomic E-state index is 0.0134. The molecule has 2 aromatic carbocycles. The molecule has 0 saturated carbocycles. The summed E-state index contributed by atoms with van der Waals surface area (Å²) in [6.07, 6.45) is -0.213. The monoisotopic (exact) mass is 452 g/mol. The number of allylic oxidation sites excluding steroid dienone is 1. The number of phenols is 1. The van der Waals surface area contributed by atoms with E-state index in [1.54, 1.807) is 62.4 Å². The topological polar surface area (TPSA) is 136 Å². The van der Waals surface area contributed by atoms with Gasteiger partial charge in [-0.15, -0.1) is 6.58 Å². The van der Waals surface area contributed by atoms with Crippen molar-refractivity contribution in [3.05, 3.63) is 72.3 Å². The first-order valence-corrected chi connectivity index (χ1v) is 10.6. The van der Waals surface area contributed by atoms with Crippen molar-refractivity contribution >= 4 is 23.5 Å². The predicted octanol–water partition coefficient (Wildman–Crippen LogP) is 2.36. The number of para-hydroxylation sites is 1. The normalized spacial score (nSPS) is 19.2. The van der Waals surface area contributed by atoms with Gasteiger partial charge in [-0.3, -0.25) is 9.59 Å². The molecule has 0 bridgehead atoms. The number of carbonyl (C=O) groups excluding carboxylic acids is 2. The van der Waals surface area contributed by atoms with E-state index in [0.29, 0.717) is 5.56 Å². The van der Waals surface area contributed by atoms with Gasteiger partial charge in [0.05, 0.1) is 11.1 Å². The molecule has 2 aromatic rings. The maximum Gasteiger partial charge on any atom is 0.326 e. The van der Waals surface area contributed by atoms with Gasteiger partial charge < -0.3 is 26.0 Å². The summed E-state index contributed by atoms with van der Waals surface area (Å²) in [5.41, 5.74) is -1.05. The number of carbonyl (C=O) groups is 3. The van der Waals surface area contributed by atoms with Crippen LogP contribution in [0.25, 0.3) is 0 Å². The van der Waals surface area contributed by atoms with E-state index in [-0.39, 0.29) is 24.3 Å². The fourth-order valence-corrected chi connectivity index (χ4v) is 4.35. The smallest absolute Gasteiger partial charge is 0.326 e. The summed E-state index contributed by atoms with van der Waals surface area (Å²) in [4.78, 5) is 38.1. The zero-order chi connectivity index (χ0) is 24.4. The summed E-state index contributed by atoms with van der Waals surface area (Å²) in [5.74, 6) is -2.85. The molecule has 3 atom stereocenters. The Labute approximate surface area is 192 Å². The number of aliphatic hydroxyl groups is 1. The number of nitrogens with one attached hydrogen (secondary N) is 2. The van der Waals surface area contributed by atoms with Crippen LogP contribution in [0, 0.1) is 5.41 Å². The Morgan fingerprint density at radius 2 is 1.85 bits per heavy atom. The highest BCUT2D eigenvalue weighted by Crippen LogP contribution is 2.54. The molecule has 1 heterocycles. The van der Waals surface area contributed by atoms with Crippen LogP contribution < -0.4 is 10.6 Å². The van der Waals surface area contributed by atoms with Gasteiger partial charge in [0.25, 0.3) is 0 Å². The van der Waals surface area contributed by atoms with E-state index in [9.17, 15) is 29.7 Å². The first kappa shape index (κ1) is 24.0. The van der Waals surface area contributed by atoms with Gasteiger partial charge in [0.2, 0.25) is 11.8 Å². The average Bonchev–Trinajstić information content (AvgIpc) is 3.07. The van der Waals surface area contributed by atoms with Crippen molar-refractivity contribution in [2.45, 2.75) is 44.2 Å². The van der Waals surface area contributed by atoms with Crippen molar-refractivity contribution < 1.29 is 29.7 Å². The number of fused-ring (bicyclic) bond motifs is 1. The van der Waals surface area contributed by atoms with Crippen LogP contribution >= 0.6 is 0 Å². The molecule has 0 unspecified atom stereocenters. The van der Waals surface area contributed by atoms with Crippen LogP contribution in [0.1, 0.15) is 31.4 Å². The van der Waals surface area contributed by atoms with Gasteiger partial charge in [-0.25, -0.2) is 4.79 Å². The van der Waals surface area contributed by atoms with Crippen molar-refractivity contribution in [2.24, 2.45) is 5.41 Å². The Morgan fingerprint density at radius 1 is 1.18 bits per heavy atom. The quantitative estimate of drug-likeness (QED) is 0.293. The number of carboxylic acids is 1. The predicted molar refractivity (Wildman–Crippen MR) is 123 cm³/mol. The highest BCUT2D eigenvalue weighted by Gasteiger charge is 2.57. The molecule has 8 heteroatoms. The van der Waals surface area contributed by atoms with E-state index in [0.717, 1.165) is 5.56 Å². The van der Waals surface area contributed by atoms with Gasteiger partial charge in [0.15, 0.2) is 0 Å². The molecule has 0 aliphatic carbocycles. The zero-order valence-corrected chi connectivity index (χ0v) is 18.5. The third kappa shape index (κ3) is 4.34. The van der Waals surface area contributed by atoms with Gasteiger partial charge in [-0.1, -0.05) is 62.4 Å². The van der Waals surface area contributed by atoms with E-state index in [1.807, 2.05) is 0 Å². The summed E-state index contributed by atoms with van der Waals surface area (Å²) in [5, 5.41) is 35.5. The maximum atomic E-state index is 13.3. The minimum atomic E-state index is -1.49. The summed E-state index contributed by atoms with van der Waals surface area (Å²) < 4.78 is 0. The van der Waals surface area contributed by atoms with Crippen LogP contribution in [0.5, 0.6) is 5.75 Å². The third-order valence-electron chi connectivity index (χ3n) is 6.44. The van der Waals surface area contributed by atoms with Gasteiger partial charge in [-0.05, 0) is 23.6 Å². The highest BCUT2D eigenvalue weighted by atomic mass is 16.4. The molecule has 8 nitrogen and oxygen atoms in total. The molecule has 1 aliphatic heterocycles. The van der Waals surface area contributed by atoms with Gasteiger partial charge in [0.1, 0.15) is 17.9 Å². The highest BCUT2D eigenvalue weighted by molar-refractivity contribution is 6.09. The summed E-state index contributed by atoms with van der Waals surface area (Å²) in [6, 6.07) is 12.0. The van der Waals surface area contributed by atoms with Gasteiger partial charge >= 0.3 is 5.97 Å².